The minimum absolute atomic E-state index is 0.157. The number of rotatable bonds is 5. The van der Waals surface area contributed by atoms with E-state index in [1.54, 1.807) is 6.07 Å². The number of benzene rings is 2. The molecule has 24 heavy (non-hydrogen) atoms. The number of hydrogen-bond donors (Lipinski definition) is 3. The fraction of sp³-hybridized carbons (Fsp3) is 0.118. The molecule has 0 atom stereocenters. The number of carboxylic acid groups (broad SMARTS) is 1. The summed E-state index contributed by atoms with van der Waals surface area (Å²) in [6.45, 7) is 0.347. The van der Waals surface area contributed by atoms with Crippen molar-refractivity contribution in [1.82, 2.24) is 15.3 Å². The molecular weight excluding hydrogens is 310 g/mol. The molecule has 7 heteroatoms. The Bertz CT molecular complexity index is 874. The average Bonchev–Trinajstić information content (AvgIpc) is 3.01. The Kier molecular flexibility index (Phi) is 4.42. The molecular formula is C17H15N3O4. The number of nitrogens with zero attached hydrogens (tertiary/aromatic N) is 1. The van der Waals surface area contributed by atoms with Crippen LogP contribution in [0.15, 0.2) is 48.5 Å². The van der Waals surface area contributed by atoms with E-state index < -0.39 is 12.1 Å². The van der Waals surface area contributed by atoms with Crippen molar-refractivity contribution in [2.24, 2.45) is 0 Å². The van der Waals surface area contributed by atoms with Gasteiger partial charge in [-0.3, -0.25) is 0 Å². The Labute approximate surface area is 137 Å². The van der Waals surface area contributed by atoms with E-state index in [0.29, 0.717) is 16.9 Å². The number of aromatic amines is 1. The molecule has 3 N–H and O–H groups in total. The molecule has 0 saturated heterocycles. The minimum atomic E-state index is -1.00. The molecule has 1 aromatic heterocycles. The lowest BCUT2D eigenvalue weighted by atomic mass is 10.2. The first-order chi connectivity index (χ1) is 11.6. The van der Waals surface area contributed by atoms with Crippen molar-refractivity contribution in [2.45, 2.75) is 13.2 Å². The third kappa shape index (κ3) is 3.70. The van der Waals surface area contributed by atoms with E-state index in [1.165, 1.54) is 12.1 Å². The van der Waals surface area contributed by atoms with Crippen molar-refractivity contribution < 1.29 is 19.4 Å². The molecule has 0 aliphatic heterocycles. The van der Waals surface area contributed by atoms with Gasteiger partial charge in [-0.15, -0.1) is 0 Å². The number of hydrogen-bond acceptors (Lipinski definition) is 4. The molecule has 1 heterocycles. The summed E-state index contributed by atoms with van der Waals surface area (Å²) >= 11 is 0. The normalized spacial score (nSPS) is 10.5. The zero-order valence-electron chi connectivity index (χ0n) is 12.7. The van der Waals surface area contributed by atoms with E-state index in [4.69, 9.17) is 9.84 Å². The summed E-state index contributed by atoms with van der Waals surface area (Å²) in [4.78, 5) is 29.9. The molecule has 0 bridgehead atoms. The van der Waals surface area contributed by atoms with Crippen LogP contribution < -0.4 is 5.32 Å². The van der Waals surface area contributed by atoms with Crippen LogP contribution in [0.25, 0.3) is 11.0 Å². The van der Waals surface area contributed by atoms with Gasteiger partial charge in [-0.25, -0.2) is 14.6 Å². The van der Waals surface area contributed by atoms with E-state index in [9.17, 15) is 9.59 Å². The SMILES string of the molecule is O=C(NCc1nc2ccc(C(=O)O)cc2[nH]1)OCc1ccccc1. The van der Waals surface area contributed by atoms with Gasteiger partial charge in [0.1, 0.15) is 12.4 Å². The van der Waals surface area contributed by atoms with Crippen LogP contribution in [-0.2, 0) is 17.9 Å². The first-order valence-corrected chi connectivity index (χ1v) is 7.28. The van der Waals surface area contributed by atoms with E-state index in [2.05, 4.69) is 15.3 Å². The molecule has 0 spiro atoms. The molecule has 0 aliphatic carbocycles. The zero-order valence-corrected chi connectivity index (χ0v) is 12.7. The lowest BCUT2D eigenvalue weighted by Gasteiger charge is -2.05. The highest BCUT2D eigenvalue weighted by atomic mass is 16.5. The topological polar surface area (TPSA) is 104 Å². The lowest BCUT2D eigenvalue weighted by molar-refractivity contribution is 0.0697. The quantitative estimate of drug-likeness (QED) is 0.669. The summed E-state index contributed by atoms with van der Waals surface area (Å²) in [5.41, 5.74) is 2.31. The summed E-state index contributed by atoms with van der Waals surface area (Å²) in [5.74, 6) is -0.486. The van der Waals surface area contributed by atoms with Gasteiger partial charge in [0.25, 0.3) is 0 Å². The van der Waals surface area contributed by atoms with Gasteiger partial charge in [-0.05, 0) is 23.8 Å². The highest BCUT2D eigenvalue weighted by molar-refractivity contribution is 5.92. The van der Waals surface area contributed by atoms with Crippen LogP contribution in [0.1, 0.15) is 21.7 Å². The van der Waals surface area contributed by atoms with Crippen LogP contribution >= 0.6 is 0 Å². The highest BCUT2D eigenvalue weighted by Gasteiger charge is 2.09. The van der Waals surface area contributed by atoms with Crippen LogP contribution in [0.2, 0.25) is 0 Å². The Morgan fingerprint density at radius 3 is 2.71 bits per heavy atom. The van der Waals surface area contributed by atoms with Crippen molar-refractivity contribution in [3.63, 3.8) is 0 Å². The van der Waals surface area contributed by atoms with Gasteiger partial charge in [0.15, 0.2) is 0 Å². The second-order valence-electron chi connectivity index (χ2n) is 5.14. The fourth-order valence-electron chi connectivity index (χ4n) is 2.21. The predicted octanol–water partition coefficient (Wildman–Crippen LogP) is 2.69. The van der Waals surface area contributed by atoms with Gasteiger partial charge >= 0.3 is 12.1 Å². The molecule has 3 rings (SSSR count). The zero-order chi connectivity index (χ0) is 16.9. The number of carboxylic acids is 1. The molecule has 7 nitrogen and oxygen atoms in total. The second kappa shape index (κ2) is 6.82. The second-order valence-corrected chi connectivity index (χ2v) is 5.14. The number of amides is 1. The standard InChI is InChI=1S/C17H15N3O4/c21-16(22)12-6-7-13-14(8-12)20-15(19-13)9-18-17(23)24-10-11-4-2-1-3-5-11/h1-8H,9-10H2,(H,18,23)(H,19,20)(H,21,22). The van der Waals surface area contributed by atoms with Crippen LogP contribution in [0, 0.1) is 0 Å². The number of carbonyl (C=O) groups is 2. The molecule has 0 aliphatic rings. The molecule has 0 saturated carbocycles. The third-order valence-corrected chi connectivity index (χ3v) is 3.39. The van der Waals surface area contributed by atoms with Crippen LogP contribution in [0.3, 0.4) is 0 Å². The van der Waals surface area contributed by atoms with Gasteiger partial charge in [-0.1, -0.05) is 30.3 Å². The number of nitrogens with one attached hydrogen (secondary N) is 2. The van der Waals surface area contributed by atoms with Crippen molar-refractivity contribution in [3.05, 3.63) is 65.5 Å². The number of fused-ring (bicyclic) bond motifs is 1. The summed E-state index contributed by atoms with van der Waals surface area (Å²) in [5, 5.41) is 11.6. The number of ether oxygens (including phenoxy) is 1. The Morgan fingerprint density at radius 1 is 1.17 bits per heavy atom. The number of carbonyl (C=O) groups excluding carboxylic acids is 1. The molecule has 0 unspecified atom stereocenters. The van der Waals surface area contributed by atoms with E-state index in [0.717, 1.165) is 5.56 Å². The first kappa shape index (κ1) is 15.5. The van der Waals surface area contributed by atoms with Gasteiger partial charge in [0, 0.05) is 0 Å². The summed E-state index contributed by atoms with van der Waals surface area (Å²) in [6, 6.07) is 14.0. The summed E-state index contributed by atoms with van der Waals surface area (Å²) in [7, 11) is 0. The Hall–Kier alpha value is -3.35. The number of alkyl carbamates (subject to hydrolysis) is 1. The van der Waals surface area contributed by atoms with Crippen LogP contribution in [0.5, 0.6) is 0 Å². The van der Waals surface area contributed by atoms with Crippen molar-refractivity contribution >= 4 is 23.1 Å². The summed E-state index contributed by atoms with van der Waals surface area (Å²) in [6.07, 6.45) is -0.550. The number of aromatic nitrogens is 2. The Morgan fingerprint density at radius 2 is 1.96 bits per heavy atom. The van der Waals surface area contributed by atoms with Crippen LogP contribution in [-0.4, -0.2) is 27.1 Å². The van der Waals surface area contributed by atoms with Gasteiger partial charge < -0.3 is 20.1 Å². The maximum atomic E-state index is 11.7. The number of aromatic carboxylic acids is 1. The van der Waals surface area contributed by atoms with Gasteiger partial charge in [-0.2, -0.15) is 0 Å². The molecule has 122 valence electrons. The Balaban J connectivity index is 1.57. The lowest BCUT2D eigenvalue weighted by Crippen LogP contribution is -2.24. The largest absolute Gasteiger partial charge is 0.478 e. The molecule has 3 aromatic rings. The third-order valence-electron chi connectivity index (χ3n) is 3.39. The van der Waals surface area contributed by atoms with Crippen molar-refractivity contribution in [1.29, 1.82) is 0 Å². The van der Waals surface area contributed by atoms with E-state index >= 15 is 0 Å². The first-order valence-electron chi connectivity index (χ1n) is 7.28. The average molecular weight is 325 g/mol. The van der Waals surface area contributed by atoms with Gasteiger partial charge in [0.2, 0.25) is 0 Å². The molecule has 0 fully saturated rings. The van der Waals surface area contributed by atoms with Crippen molar-refractivity contribution in [3.8, 4) is 0 Å². The smallest absolute Gasteiger partial charge is 0.407 e. The van der Waals surface area contributed by atoms with E-state index in [1.807, 2.05) is 30.3 Å². The van der Waals surface area contributed by atoms with Crippen LogP contribution in [0.4, 0.5) is 4.79 Å². The maximum absolute atomic E-state index is 11.7. The molecule has 2 aromatic carbocycles. The van der Waals surface area contributed by atoms with Crippen molar-refractivity contribution in [2.75, 3.05) is 0 Å². The monoisotopic (exact) mass is 325 g/mol. The molecule has 0 radical (unpaired) electrons. The molecule has 1 amide bonds. The number of H-pyrrole nitrogens is 1. The maximum Gasteiger partial charge on any atom is 0.407 e. The van der Waals surface area contributed by atoms with Gasteiger partial charge in [0.05, 0.1) is 23.1 Å². The van der Waals surface area contributed by atoms with E-state index in [-0.39, 0.29) is 18.7 Å². The predicted molar refractivity (Wildman–Crippen MR) is 86.5 cm³/mol. The number of imidazole rings is 1. The minimum Gasteiger partial charge on any atom is -0.478 e. The highest BCUT2D eigenvalue weighted by Crippen LogP contribution is 2.14. The fourth-order valence-corrected chi connectivity index (χ4v) is 2.21. The summed E-state index contributed by atoms with van der Waals surface area (Å²) < 4.78 is 5.11.